The van der Waals surface area contributed by atoms with Crippen LogP contribution in [0, 0.1) is 13.8 Å². The minimum atomic E-state index is -0.110. The van der Waals surface area contributed by atoms with E-state index < -0.39 is 0 Å². The number of nitrogens with zero attached hydrogens (tertiary/aromatic N) is 2. The topological polar surface area (TPSA) is 67.6 Å². The van der Waals surface area contributed by atoms with Crippen molar-refractivity contribution in [1.29, 1.82) is 0 Å². The van der Waals surface area contributed by atoms with Gasteiger partial charge in [0.1, 0.15) is 5.76 Å². The van der Waals surface area contributed by atoms with Crippen molar-refractivity contribution in [3.8, 4) is 0 Å². The van der Waals surface area contributed by atoms with E-state index in [1.54, 1.807) is 0 Å². The van der Waals surface area contributed by atoms with E-state index in [-0.39, 0.29) is 23.7 Å². The van der Waals surface area contributed by atoms with Gasteiger partial charge in [0.2, 0.25) is 5.91 Å². The molecule has 0 saturated carbocycles. The zero-order valence-electron chi connectivity index (χ0n) is 15.1. The minimum absolute atomic E-state index is 0.00170. The molecule has 2 atom stereocenters. The maximum Gasteiger partial charge on any atom is 0.224 e. The van der Waals surface area contributed by atoms with Gasteiger partial charge in [-0.15, -0.1) is 0 Å². The Bertz CT molecular complexity index is 524. The number of rotatable bonds is 5. The average molecular weight is 323 g/mol. The fourth-order valence-electron chi connectivity index (χ4n) is 3.08. The van der Waals surface area contributed by atoms with Crippen LogP contribution < -0.4 is 5.32 Å². The van der Waals surface area contributed by atoms with Crippen LogP contribution in [-0.2, 0) is 16.0 Å². The van der Waals surface area contributed by atoms with E-state index in [1.165, 1.54) is 0 Å². The summed E-state index contributed by atoms with van der Waals surface area (Å²) in [6, 6.07) is 0. The van der Waals surface area contributed by atoms with E-state index in [0.717, 1.165) is 24.3 Å². The first kappa shape index (κ1) is 17.9. The number of aryl methyl sites for hydroxylation is 2. The average Bonchev–Trinajstić information content (AvgIpc) is 2.76. The van der Waals surface area contributed by atoms with Gasteiger partial charge in [-0.1, -0.05) is 5.16 Å². The molecule has 1 saturated heterocycles. The first-order valence-electron chi connectivity index (χ1n) is 8.28. The standard InChI is InChI=1S/C17H29N3O3/c1-11-8-20(9-12(2)22-11)17(5,6)10-18-16(21)7-15-13(3)19-23-14(15)4/h11-12H,7-10H2,1-6H3,(H,18,21)/t11-,12-/m1/s1. The Morgan fingerprint density at radius 1 is 1.30 bits per heavy atom. The molecule has 1 aromatic rings. The second-order valence-electron chi connectivity index (χ2n) is 7.23. The Morgan fingerprint density at radius 3 is 2.43 bits per heavy atom. The van der Waals surface area contributed by atoms with Crippen molar-refractivity contribution in [3.05, 3.63) is 17.0 Å². The summed E-state index contributed by atoms with van der Waals surface area (Å²) in [7, 11) is 0. The molecule has 2 rings (SSSR count). The summed E-state index contributed by atoms with van der Waals surface area (Å²) >= 11 is 0. The molecule has 0 radical (unpaired) electrons. The van der Waals surface area contributed by atoms with Crippen LogP contribution >= 0.6 is 0 Å². The number of aromatic nitrogens is 1. The molecule has 1 aliphatic rings. The summed E-state index contributed by atoms with van der Waals surface area (Å²) in [6.45, 7) is 14.6. The summed E-state index contributed by atoms with van der Waals surface area (Å²) in [5.41, 5.74) is 1.56. The number of carbonyl (C=O) groups is 1. The highest BCUT2D eigenvalue weighted by Crippen LogP contribution is 2.21. The monoisotopic (exact) mass is 323 g/mol. The van der Waals surface area contributed by atoms with Gasteiger partial charge >= 0.3 is 0 Å². The van der Waals surface area contributed by atoms with Gasteiger partial charge in [-0.3, -0.25) is 9.69 Å². The van der Waals surface area contributed by atoms with Gasteiger partial charge in [0.05, 0.1) is 24.3 Å². The van der Waals surface area contributed by atoms with Crippen LogP contribution in [0.15, 0.2) is 4.52 Å². The number of hydrogen-bond acceptors (Lipinski definition) is 5. The molecule has 0 aliphatic carbocycles. The Balaban J connectivity index is 1.89. The molecule has 1 N–H and O–H groups in total. The number of hydrogen-bond donors (Lipinski definition) is 1. The van der Waals surface area contributed by atoms with Gasteiger partial charge in [0.15, 0.2) is 0 Å². The number of carbonyl (C=O) groups excluding carboxylic acids is 1. The van der Waals surface area contributed by atoms with Gasteiger partial charge in [-0.25, -0.2) is 0 Å². The first-order chi connectivity index (χ1) is 10.7. The molecule has 6 heteroatoms. The van der Waals surface area contributed by atoms with Gasteiger partial charge in [0, 0.05) is 30.7 Å². The summed E-state index contributed by atoms with van der Waals surface area (Å²) in [5, 5.41) is 6.94. The van der Waals surface area contributed by atoms with Crippen LogP contribution in [-0.4, -0.2) is 53.3 Å². The maximum atomic E-state index is 12.2. The maximum absolute atomic E-state index is 12.2. The van der Waals surface area contributed by atoms with Crippen LogP contribution in [0.4, 0.5) is 0 Å². The lowest BCUT2D eigenvalue weighted by Crippen LogP contribution is -2.58. The predicted molar refractivity (Wildman–Crippen MR) is 88.4 cm³/mol. The number of ether oxygens (including phenoxy) is 1. The summed E-state index contributed by atoms with van der Waals surface area (Å²) in [5.74, 6) is 0.717. The Morgan fingerprint density at radius 2 is 1.91 bits per heavy atom. The third kappa shape index (κ3) is 4.54. The Hall–Kier alpha value is -1.40. The smallest absolute Gasteiger partial charge is 0.224 e. The molecule has 130 valence electrons. The van der Waals surface area contributed by atoms with Gasteiger partial charge in [-0.2, -0.15) is 0 Å². The van der Waals surface area contributed by atoms with Crippen molar-refractivity contribution < 1.29 is 14.1 Å². The Kier molecular flexibility index (Phi) is 5.47. The van der Waals surface area contributed by atoms with Gasteiger partial charge in [-0.05, 0) is 41.5 Å². The molecular formula is C17H29N3O3. The fraction of sp³-hybridized carbons (Fsp3) is 0.765. The number of nitrogens with one attached hydrogen (secondary N) is 1. The SMILES string of the molecule is Cc1noc(C)c1CC(=O)NCC(C)(C)N1C[C@@H](C)O[C@H](C)C1. The van der Waals surface area contributed by atoms with Crippen LogP contribution in [0.1, 0.15) is 44.7 Å². The largest absolute Gasteiger partial charge is 0.373 e. The van der Waals surface area contributed by atoms with E-state index in [0.29, 0.717) is 18.7 Å². The van der Waals surface area contributed by atoms with Gasteiger partial charge < -0.3 is 14.6 Å². The van der Waals surface area contributed by atoms with E-state index in [4.69, 9.17) is 9.26 Å². The molecule has 1 fully saturated rings. The third-order valence-corrected chi connectivity index (χ3v) is 4.51. The highest BCUT2D eigenvalue weighted by molar-refractivity contribution is 5.79. The molecular weight excluding hydrogens is 294 g/mol. The molecule has 6 nitrogen and oxygen atoms in total. The normalized spacial score (nSPS) is 23.0. The van der Waals surface area contributed by atoms with E-state index in [1.807, 2.05) is 13.8 Å². The molecule has 0 spiro atoms. The van der Waals surface area contributed by atoms with Crippen LogP contribution in [0.2, 0.25) is 0 Å². The second-order valence-corrected chi connectivity index (χ2v) is 7.23. The van der Waals surface area contributed by atoms with Gasteiger partial charge in [0.25, 0.3) is 0 Å². The summed E-state index contributed by atoms with van der Waals surface area (Å²) in [4.78, 5) is 14.6. The minimum Gasteiger partial charge on any atom is -0.373 e. The van der Waals surface area contributed by atoms with Crippen LogP contribution in [0.3, 0.4) is 0 Å². The molecule has 1 aliphatic heterocycles. The van der Waals surface area contributed by atoms with E-state index in [2.05, 4.69) is 43.1 Å². The lowest BCUT2D eigenvalue weighted by Gasteiger charge is -2.45. The molecule has 0 unspecified atom stereocenters. The number of morpholine rings is 1. The van der Waals surface area contributed by atoms with Crippen molar-refractivity contribution in [1.82, 2.24) is 15.4 Å². The molecule has 0 aromatic carbocycles. The van der Waals surface area contributed by atoms with Crippen LogP contribution in [0.5, 0.6) is 0 Å². The van der Waals surface area contributed by atoms with Crippen molar-refractivity contribution in [2.24, 2.45) is 0 Å². The molecule has 1 aromatic heterocycles. The lowest BCUT2D eigenvalue weighted by atomic mass is 10.00. The van der Waals surface area contributed by atoms with Crippen molar-refractivity contribution in [3.63, 3.8) is 0 Å². The van der Waals surface area contributed by atoms with E-state index >= 15 is 0 Å². The van der Waals surface area contributed by atoms with Crippen molar-refractivity contribution in [2.45, 2.75) is 65.7 Å². The highest BCUT2D eigenvalue weighted by Gasteiger charge is 2.33. The van der Waals surface area contributed by atoms with Crippen molar-refractivity contribution in [2.75, 3.05) is 19.6 Å². The zero-order chi connectivity index (χ0) is 17.2. The lowest BCUT2D eigenvalue weighted by molar-refractivity contribution is -0.122. The molecule has 23 heavy (non-hydrogen) atoms. The quantitative estimate of drug-likeness (QED) is 0.895. The third-order valence-electron chi connectivity index (χ3n) is 4.51. The first-order valence-corrected chi connectivity index (χ1v) is 8.28. The molecule has 0 bridgehead atoms. The van der Waals surface area contributed by atoms with E-state index in [9.17, 15) is 4.79 Å². The van der Waals surface area contributed by atoms with Crippen molar-refractivity contribution >= 4 is 5.91 Å². The fourth-order valence-corrected chi connectivity index (χ4v) is 3.08. The highest BCUT2D eigenvalue weighted by atomic mass is 16.5. The predicted octanol–water partition coefficient (Wildman–Crippen LogP) is 1.84. The Labute approximate surface area is 138 Å². The molecule has 2 heterocycles. The second kappa shape index (κ2) is 7.01. The summed E-state index contributed by atoms with van der Waals surface area (Å²) in [6.07, 6.45) is 0.750. The van der Waals surface area contributed by atoms with Crippen LogP contribution in [0.25, 0.3) is 0 Å². The molecule has 1 amide bonds. The summed E-state index contributed by atoms with van der Waals surface area (Å²) < 4.78 is 10.9. The zero-order valence-corrected chi connectivity index (χ0v) is 15.1. The number of amides is 1.